The Bertz CT molecular complexity index is 978. The number of aromatic nitrogens is 2. The van der Waals surface area contributed by atoms with E-state index in [1.165, 1.54) is 0 Å². The number of benzene rings is 2. The molecule has 0 bridgehead atoms. The quantitative estimate of drug-likeness (QED) is 0.666. The summed E-state index contributed by atoms with van der Waals surface area (Å²) in [6.07, 6.45) is 0. The van der Waals surface area contributed by atoms with Crippen molar-refractivity contribution in [1.29, 1.82) is 0 Å². The highest BCUT2D eigenvalue weighted by molar-refractivity contribution is 5.95. The normalized spacial score (nSPS) is 12.2. The molecule has 0 unspecified atom stereocenters. The molecular weight excluding hydrogens is 354 g/mol. The highest BCUT2D eigenvalue weighted by Gasteiger charge is 2.20. The van der Waals surface area contributed by atoms with Gasteiger partial charge in [-0.25, -0.2) is 4.98 Å². The Morgan fingerprint density at radius 3 is 2.46 bits per heavy atom. The Balaban J connectivity index is 1.88. The first-order valence-corrected chi connectivity index (χ1v) is 9.42. The number of nitrogens with one attached hydrogen (secondary N) is 1. The van der Waals surface area contributed by atoms with Crippen LogP contribution in [0.3, 0.4) is 0 Å². The second-order valence-corrected chi connectivity index (χ2v) is 7.23. The first-order valence-electron chi connectivity index (χ1n) is 9.42. The van der Waals surface area contributed by atoms with Crippen LogP contribution in [0.4, 0.5) is 0 Å². The van der Waals surface area contributed by atoms with Gasteiger partial charge in [0.15, 0.2) is 11.5 Å². The van der Waals surface area contributed by atoms with Gasteiger partial charge in [-0.2, -0.15) is 0 Å². The van der Waals surface area contributed by atoms with E-state index >= 15 is 0 Å². The van der Waals surface area contributed by atoms with E-state index in [-0.39, 0.29) is 11.9 Å². The van der Waals surface area contributed by atoms with Gasteiger partial charge in [0, 0.05) is 12.1 Å². The number of imidazole rings is 1. The molecule has 6 heteroatoms. The number of ether oxygens (including phenoxy) is 2. The molecule has 0 aliphatic carbocycles. The fourth-order valence-electron chi connectivity index (χ4n) is 3.30. The van der Waals surface area contributed by atoms with E-state index < -0.39 is 0 Å². The maximum atomic E-state index is 12.8. The van der Waals surface area contributed by atoms with Gasteiger partial charge in [-0.1, -0.05) is 26.0 Å². The van der Waals surface area contributed by atoms with E-state index in [4.69, 9.17) is 14.5 Å². The van der Waals surface area contributed by atoms with Crippen LogP contribution in [0.15, 0.2) is 42.5 Å². The van der Waals surface area contributed by atoms with Gasteiger partial charge in [0.1, 0.15) is 5.82 Å². The summed E-state index contributed by atoms with van der Waals surface area (Å²) in [4.78, 5) is 17.6. The Hall–Kier alpha value is -3.02. The third-order valence-electron chi connectivity index (χ3n) is 4.61. The molecule has 0 aliphatic rings. The molecule has 1 atom stereocenters. The molecule has 0 fully saturated rings. The van der Waals surface area contributed by atoms with E-state index in [1.807, 2.05) is 25.1 Å². The van der Waals surface area contributed by atoms with Crippen molar-refractivity contribution >= 4 is 16.9 Å². The molecule has 0 spiro atoms. The Morgan fingerprint density at radius 2 is 1.79 bits per heavy atom. The molecule has 0 saturated heterocycles. The van der Waals surface area contributed by atoms with Crippen molar-refractivity contribution in [2.75, 3.05) is 14.2 Å². The summed E-state index contributed by atoms with van der Waals surface area (Å²) in [5.74, 6) is 2.24. The summed E-state index contributed by atoms with van der Waals surface area (Å²) in [5, 5.41) is 3.06. The van der Waals surface area contributed by atoms with E-state index in [1.54, 1.807) is 32.4 Å². The number of nitrogens with zero attached hydrogens (tertiary/aromatic N) is 2. The summed E-state index contributed by atoms with van der Waals surface area (Å²) in [5.41, 5.74) is 2.53. The molecule has 1 N–H and O–H groups in total. The topological polar surface area (TPSA) is 65.4 Å². The third-order valence-corrected chi connectivity index (χ3v) is 4.61. The molecule has 1 heterocycles. The van der Waals surface area contributed by atoms with Crippen LogP contribution in [0.25, 0.3) is 11.0 Å². The zero-order chi connectivity index (χ0) is 20.3. The van der Waals surface area contributed by atoms with E-state index in [2.05, 4.69) is 29.8 Å². The number of amides is 1. The number of para-hydroxylation sites is 2. The standard InChI is InChI=1S/C22H27N3O3/c1-14(2)13-25-18-9-7-6-8-17(18)24-21(25)15(3)23-22(26)16-10-11-19(27-4)20(12-16)28-5/h6-12,14-15H,13H2,1-5H3,(H,23,26)/t15-/m0/s1. The lowest BCUT2D eigenvalue weighted by Crippen LogP contribution is -2.29. The van der Waals surface area contributed by atoms with Gasteiger partial charge in [0.2, 0.25) is 0 Å². The SMILES string of the molecule is COc1ccc(C(=O)N[C@@H](C)c2nc3ccccc3n2CC(C)C)cc1OC. The number of carbonyl (C=O) groups excluding carboxylic acids is 1. The number of fused-ring (bicyclic) bond motifs is 1. The zero-order valence-corrected chi connectivity index (χ0v) is 17.0. The molecule has 0 saturated carbocycles. The van der Waals surface area contributed by atoms with Crippen molar-refractivity contribution in [1.82, 2.24) is 14.9 Å². The van der Waals surface area contributed by atoms with Crippen molar-refractivity contribution in [3.05, 3.63) is 53.9 Å². The summed E-state index contributed by atoms with van der Waals surface area (Å²) in [6.45, 7) is 7.14. The number of carbonyl (C=O) groups is 1. The minimum Gasteiger partial charge on any atom is -0.493 e. The summed E-state index contributed by atoms with van der Waals surface area (Å²) >= 11 is 0. The predicted octanol–water partition coefficient (Wildman–Crippen LogP) is 4.20. The molecule has 3 aromatic rings. The minimum atomic E-state index is -0.244. The smallest absolute Gasteiger partial charge is 0.251 e. The minimum absolute atomic E-state index is 0.184. The first kappa shape index (κ1) is 19.7. The monoisotopic (exact) mass is 381 g/mol. The van der Waals surface area contributed by atoms with Crippen molar-refractivity contribution in [2.45, 2.75) is 33.4 Å². The highest BCUT2D eigenvalue weighted by Crippen LogP contribution is 2.28. The molecule has 3 rings (SSSR count). The molecule has 0 aliphatic heterocycles. The molecule has 28 heavy (non-hydrogen) atoms. The van der Waals surface area contributed by atoms with Crippen molar-refractivity contribution in [3.63, 3.8) is 0 Å². The van der Waals surface area contributed by atoms with Gasteiger partial charge < -0.3 is 19.4 Å². The van der Waals surface area contributed by atoms with Crippen molar-refractivity contribution in [3.8, 4) is 11.5 Å². The maximum absolute atomic E-state index is 12.8. The average molecular weight is 381 g/mol. The van der Waals surface area contributed by atoms with Crippen LogP contribution in [-0.4, -0.2) is 29.7 Å². The Morgan fingerprint density at radius 1 is 1.07 bits per heavy atom. The first-order chi connectivity index (χ1) is 13.4. The molecule has 1 aromatic heterocycles. The summed E-state index contributed by atoms with van der Waals surface area (Å²) in [6, 6.07) is 12.9. The molecule has 148 valence electrons. The van der Waals surface area contributed by atoms with Crippen LogP contribution in [0.2, 0.25) is 0 Å². The van der Waals surface area contributed by atoms with Gasteiger partial charge in [0.05, 0.1) is 31.3 Å². The fourth-order valence-corrected chi connectivity index (χ4v) is 3.30. The van der Waals surface area contributed by atoms with E-state index in [0.29, 0.717) is 23.0 Å². The Labute approximate surface area is 165 Å². The Kier molecular flexibility index (Phi) is 5.87. The van der Waals surface area contributed by atoms with Gasteiger partial charge in [-0.15, -0.1) is 0 Å². The van der Waals surface area contributed by atoms with Crippen molar-refractivity contribution in [2.24, 2.45) is 5.92 Å². The van der Waals surface area contributed by atoms with Crippen LogP contribution in [0.1, 0.15) is 43.0 Å². The van der Waals surface area contributed by atoms with Crippen LogP contribution < -0.4 is 14.8 Å². The molecule has 0 radical (unpaired) electrons. The van der Waals surface area contributed by atoms with Gasteiger partial charge in [-0.05, 0) is 43.2 Å². The fraction of sp³-hybridized carbons (Fsp3) is 0.364. The van der Waals surface area contributed by atoms with Gasteiger partial charge >= 0.3 is 0 Å². The lowest BCUT2D eigenvalue weighted by molar-refractivity contribution is 0.0937. The zero-order valence-electron chi connectivity index (χ0n) is 17.0. The largest absolute Gasteiger partial charge is 0.493 e. The summed E-state index contributed by atoms with van der Waals surface area (Å²) < 4.78 is 12.7. The molecule has 1 amide bonds. The lowest BCUT2D eigenvalue weighted by atomic mass is 10.1. The number of rotatable bonds is 7. The number of hydrogen-bond donors (Lipinski definition) is 1. The second kappa shape index (κ2) is 8.33. The van der Waals surface area contributed by atoms with E-state index in [9.17, 15) is 4.79 Å². The lowest BCUT2D eigenvalue weighted by Gasteiger charge is -2.18. The van der Waals surface area contributed by atoms with Crippen LogP contribution in [0, 0.1) is 5.92 Å². The number of methoxy groups -OCH3 is 2. The van der Waals surface area contributed by atoms with E-state index in [0.717, 1.165) is 23.4 Å². The van der Waals surface area contributed by atoms with Crippen LogP contribution in [0.5, 0.6) is 11.5 Å². The maximum Gasteiger partial charge on any atom is 0.251 e. The van der Waals surface area contributed by atoms with Crippen LogP contribution >= 0.6 is 0 Å². The van der Waals surface area contributed by atoms with Gasteiger partial charge in [-0.3, -0.25) is 4.79 Å². The predicted molar refractivity (Wildman–Crippen MR) is 110 cm³/mol. The molecule has 2 aromatic carbocycles. The average Bonchev–Trinajstić information content (AvgIpc) is 3.05. The molecule has 6 nitrogen and oxygen atoms in total. The van der Waals surface area contributed by atoms with Gasteiger partial charge in [0.25, 0.3) is 5.91 Å². The number of hydrogen-bond acceptors (Lipinski definition) is 4. The second-order valence-electron chi connectivity index (χ2n) is 7.23. The van der Waals surface area contributed by atoms with Crippen LogP contribution in [-0.2, 0) is 6.54 Å². The highest BCUT2D eigenvalue weighted by atomic mass is 16.5. The molecular formula is C22H27N3O3. The summed E-state index contributed by atoms with van der Waals surface area (Å²) in [7, 11) is 3.12. The third kappa shape index (κ3) is 3.96. The van der Waals surface area contributed by atoms with Crippen molar-refractivity contribution < 1.29 is 14.3 Å².